The van der Waals surface area contributed by atoms with Crippen molar-refractivity contribution in [3.8, 4) is 17.2 Å². The van der Waals surface area contributed by atoms with Crippen LogP contribution < -0.4 is 14.8 Å². The van der Waals surface area contributed by atoms with Crippen molar-refractivity contribution in [1.82, 2.24) is 4.98 Å². The highest BCUT2D eigenvalue weighted by molar-refractivity contribution is 5.38. The van der Waals surface area contributed by atoms with Gasteiger partial charge >= 0.3 is 6.36 Å². The minimum Gasteiger partial charge on any atom is -0.457 e. The third kappa shape index (κ3) is 5.41. The van der Waals surface area contributed by atoms with E-state index < -0.39 is 6.36 Å². The average molecular weight is 360 g/mol. The third-order valence-electron chi connectivity index (χ3n) is 3.35. The number of ether oxygens (including phenoxy) is 2. The van der Waals surface area contributed by atoms with Crippen molar-refractivity contribution < 1.29 is 22.6 Å². The molecule has 0 aliphatic rings. The van der Waals surface area contributed by atoms with E-state index in [4.69, 9.17) is 4.74 Å². The molecule has 0 fully saturated rings. The van der Waals surface area contributed by atoms with Crippen LogP contribution in [-0.2, 0) is 6.54 Å². The molecule has 0 saturated carbocycles. The molecular formula is C19H15F3N2O2. The fourth-order valence-electron chi connectivity index (χ4n) is 2.18. The monoisotopic (exact) mass is 360 g/mol. The quantitative estimate of drug-likeness (QED) is 0.640. The molecule has 2 aromatic carbocycles. The van der Waals surface area contributed by atoms with Gasteiger partial charge in [0, 0.05) is 12.7 Å². The third-order valence-corrected chi connectivity index (χ3v) is 3.35. The molecule has 3 rings (SSSR count). The number of halogens is 3. The van der Waals surface area contributed by atoms with Crippen molar-refractivity contribution in [3.05, 3.63) is 78.5 Å². The van der Waals surface area contributed by atoms with Crippen LogP contribution in [0, 0.1) is 0 Å². The van der Waals surface area contributed by atoms with E-state index in [0.717, 1.165) is 11.4 Å². The van der Waals surface area contributed by atoms with E-state index in [-0.39, 0.29) is 5.75 Å². The number of nitrogens with zero attached hydrogens (tertiary/aromatic N) is 1. The van der Waals surface area contributed by atoms with Crippen LogP contribution in [0.3, 0.4) is 0 Å². The van der Waals surface area contributed by atoms with Crippen LogP contribution in [0.5, 0.6) is 17.2 Å². The summed E-state index contributed by atoms with van der Waals surface area (Å²) in [5, 5.41) is 3.20. The van der Waals surface area contributed by atoms with Gasteiger partial charge in [-0.2, -0.15) is 0 Å². The van der Waals surface area contributed by atoms with Crippen molar-refractivity contribution >= 4 is 5.82 Å². The average Bonchev–Trinajstić information content (AvgIpc) is 2.62. The number of anilines is 1. The number of nitrogens with one attached hydrogen (secondary N) is 1. The molecule has 0 unspecified atom stereocenters. The van der Waals surface area contributed by atoms with Crippen LogP contribution in [0.2, 0.25) is 0 Å². The molecule has 0 saturated heterocycles. The summed E-state index contributed by atoms with van der Waals surface area (Å²) in [6.07, 6.45) is -2.99. The van der Waals surface area contributed by atoms with Crippen molar-refractivity contribution in [1.29, 1.82) is 0 Å². The van der Waals surface area contributed by atoms with Crippen LogP contribution in [0.15, 0.2) is 72.9 Å². The zero-order valence-corrected chi connectivity index (χ0v) is 13.5. The zero-order valence-electron chi connectivity index (χ0n) is 13.5. The van der Waals surface area contributed by atoms with E-state index in [1.165, 1.54) is 24.3 Å². The standard InChI is InChI=1S/C19H15F3N2O2/c20-19(21,22)26-17-10-8-16(9-11-17)25-15-6-4-14(5-7-15)13-24-18-3-1-2-12-23-18/h1-12H,13H2,(H,23,24). The van der Waals surface area contributed by atoms with Gasteiger partial charge in [0.2, 0.25) is 0 Å². The summed E-state index contributed by atoms with van der Waals surface area (Å²) in [5.41, 5.74) is 1.04. The van der Waals surface area contributed by atoms with Gasteiger partial charge in [0.05, 0.1) is 0 Å². The maximum atomic E-state index is 12.1. The highest BCUT2D eigenvalue weighted by Gasteiger charge is 2.30. The molecule has 0 spiro atoms. The van der Waals surface area contributed by atoms with Gasteiger partial charge < -0.3 is 14.8 Å². The molecule has 134 valence electrons. The Morgan fingerprint density at radius 2 is 1.42 bits per heavy atom. The van der Waals surface area contributed by atoms with Crippen LogP contribution >= 0.6 is 0 Å². The summed E-state index contributed by atoms with van der Waals surface area (Å²) in [6.45, 7) is 0.612. The number of benzene rings is 2. The largest absolute Gasteiger partial charge is 0.573 e. The molecule has 1 aromatic heterocycles. The van der Waals surface area contributed by atoms with Gasteiger partial charge in [-0.3, -0.25) is 0 Å². The number of hydrogen-bond acceptors (Lipinski definition) is 4. The Morgan fingerprint density at radius 1 is 0.808 bits per heavy atom. The van der Waals surface area contributed by atoms with Gasteiger partial charge in [-0.05, 0) is 54.1 Å². The number of pyridine rings is 1. The predicted molar refractivity (Wildman–Crippen MR) is 91.2 cm³/mol. The summed E-state index contributed by atoms with van der Waals surface area (Å²) in [4.78, 5) is 4.18. The lowest BCUT2D eigenvalue weighted by Crippen LogP contribution is -2.16. The normalized spacial score (nSPS) is 11.0. The van der Waals surface area contributed by atoms with E-state index in [1.54, 1.807) is 18.3 Å². The fourth-order valence-corrected chi connectivity index (χ4v) is 2.18. The Labute approximate surface area is 148 Å². The number of alkyl halides is 3. The molecule has 0 bridgehead atoms. The Balaban J connectivity index is 1.55. The van der Waals surface area contributed by atoms with E-state index in [2.05, 4.69) is 15.0 Å². The maximum Gasteiger partial charge on any atom is 0.573 e. The summed E-state index contributed by atoms with van der Waals surface area (Å²) in [5.74, 6) is 1.49. The highest BCUT2D eigenvalue weighted by Crippen LogP contribution is 2.27. The number of rotatable bonds is 6. The summed E-state index contributed by atoms with van der Waals surface area (Å²) in [6, 6.07) is 18.2. The second-order valence-electron chi connectivity index (χ2n) is 5.33. The molecule has 1 heterocycles. The first-order chi connectivity index (χ1) is 12.5. The summed E-state index contributed by atoms with van der Waals surface area (Å²) in [7, 11) is 0. The van der Waals surface area contributed by atoms with Gasteiger partial charge in [0.15, 0.2) is 0 Å². The maximum absolute atomic E-state index is 12.1. The van der Waals surface area contributed by atoms with E-state index >= 15 is 0 Å². The molecule has 0 aliphatic carbocycles. The van der Waals surface area contributed by atoms with Crippen molar-refractivity contribution in [2.75, 3.05) is 5.32 Å². The van der Waals surface area contributed by atoms with Crippen molar-refractivity contribution in [3.63, 3.8) is 0 Å². The summed E-state index contributed by atoms with van der Waals surface area (Å²) < 4.78 is 45.8. The molecule has 7 heteroatoms. The lowest BCUT2D eigenvalue weighted by molar-refractivity contribution is -0.274. The second kappa shape index (κ2) is 7.77. The second-order valence-corrected chi connectivity index (χ2v) is 5.33. The lowest BCUT2D eigenvalue weighted by Gasteiger charge is -2.10. The van der Waals surface area contributed by atoms with Gasteiger partial charge in [0.25, 0.3) is 0 Å². The molecule has 0 atom stereocenters. The van der Waals surface area contributed by atoms with E-state index in [1.807, 2.05) is 30.3 Å². The smallest absolute Gasteiger partial charge is 0.457 e. The molecule has 1 N–H and O–H groups in total. The first-order valence-corrected chi connectivity index (χ1v) is 7.75. The highest BCUT2D eigenvalue weighted by atomic mass is 19.4. The van der Waals surface area contributed by atoms with Gasteiger partial charge in [-0.25, -0.2) is 4.98 Å². The van der Waals surface area contributed by atoms with Crippen molar-refractivity contribution in [2.45, 2.75) is 12.9 Å². The molecule has 0 amide bonds. The van der Waals surface area contributed by atoms with Gasteiger partial charge in [-0.1, -0.05) is 18.2 Å². The first kappa shape index (κ1) is 17.6. The predicted octanol–water partition coefficient (Wildman–Crippen LogP) is 5.38. The van der Waals surface area contributed by atoms with Crippen molar-refractivity contribution in [2.24, 2.45) is 0 Å². The van der Waals surface area contributed by atoms with Crippen LogP contribution in [0.4, 0.5) is 19.0 Å². The molecule has 26 heavy (non-hydrogen) atoms. The molecule has 3 aromatic rings. The van der Waals surface area contributed by atoms with Gasteiger partial charge in [0.1, 0.15) is 23.1 Å². The first-order valence-electron chi connectivity index (χ1n) is 7.75. The Kier molecular flexibility index (Phi) is 5.26. The number of hydrogen-bond donors (Lipinski definition) is 1. The fraction of sp³-hybridized carbons (Fsp3) is 0.105. The van der Waals surface area contributed by atoms with Crippen LogP contribution in [-0.4, -0.2) is 11.3 Å². The summed E-state index contributed by atoms with van der Waals surface area (Å²) >= 11 is 0. The Bertz CT molecular complexity index is 820. The van der Waals surface area contributed by atoms with Crippen LogP contribution in [0.25, 0.3) is 0 Å². The zero-order chi connectivity index (χ0) is 18.4. The Morgan fingerprint density at radius 3 is 2.00 bits per heavy atom. The lowest BCUT2D eigenvalue weighted by atomic mass is 10.2. The molecule has 0 aliphatic heterocycles. The Hall–Kier alpha value is -3.22. The molecule has 0 radical (unpaired) electrons. The molecular weight excluding hydrogens is 345 g/mol. The minimum absolute atomic E-state index is 0.291. The SMILES string of the molecule is FC(F)(F)Oc1ccc(Oc2ccc(CNc3ccccn3)cc2)cc1. The molecule has 4 nitrogen and oxygen atoms in total. The topological polar surface area (TPSA) is 43.4 Å². The minimum atomic E-state index is -4.71. The van der Waals surface area contributed by atoms with Crippen LogP contribution in [0.1, 0.15) is 5.56 Å². The van der Waals surface area contributed by atoms with Gasteiger partial charge in [-0.15, -0.1) is 13.2 Å². The number of aromatic nitrogens is 1. The van der Waals surface area contributed by atoms with E-state index in [9.17, 15) is 13.2 Å². The van der Waals surface area contributed by atoms with E-state index in [0.29, 0.717) is 18.0 Å².